The Bertz CT molecular complexity index is 2180. The minimum atomic E-state index is -0.129. The molecule has 4 N–H and O–H groups in total. The number of rotatable bonds is 7. The van der Waals surface area contributed by atoms with E-state index in [4.69, 9.17) is 0 Å². The molecular formula is C44H41N5. The molecule has 0 spiro atoms. The summed E-state index contributed by atoms with van der Waals surface area (Å²) in [5.74, 6) is -0.129. The van der Waals surface area contributed by atoms with Crippen molar-refractivity contribution in [3.8, 4) is 16.8 Å². The molecule has 1 aliphatic rings. The van der Waals surface area contributed by atoms with Gasteiger partial charge in [-0.25, -0.2) is 0 Å². The Hall–Kier alpha value is -5.75. The summed E-state index contributed by atoms with van der Waals surface area (Å²) in [4.78, 5) is 0. The van der Waals surface area contributed by atoms with E-state index in [1.54, 1.807) is 0 Å². The number of allylic oxidation sites excluding steroid dienone is 1. The fraction of sp³-hybridized carbons (Fsp3) is 0.114. The summed E-state index contributed by atoms with van der Waals surface area (Å²) in [6.45, 7) is 0. The van der Waals surface area contributed by atoms with Crippen LogP contribution in [-0.2, 0) is 6.42 Å². The van der Waals surface area contributed by atoms with Gasteiger partial charge in [0.05, 0.1) is 17.0 Å². The fourth-order valence-electron chi connectivity index (χ4n) is 6.94. The van der Waals surface area contributed by atoms with Gasteiger partial charge < -0.3 is 15.3 Å². The number of aromatic nitrogens is 1. The molecule has 2 heterocycles. The maximum atomic E-state index is 9.26. The topological polar surface area (TPSA) is 64.9 Å². The summed E-state index contributed by atoms with van der Waals surface area (Å²) in [5, 5.41) is 15.6. The fourth-order valence-corrected chi connectivity index (χ4v) is 6.94. The van der Waals surface area contributed by atoms with Crippen molar-refractivity contribution in [3.63, 3.8) is 0 Å². The van der Waals surface area contributed by atoms with E-state index in [1.165, 1.54) is 38.5 Å². The van der Waals surface area contributed by atoms with Gasteiger partial charge in [0.15, 0.2) is 0 Å². The zero-order valence-corrected chi connectivity index (χ0v) is 27.9. The van der Waals surface area contributed by atoms with Gasteiger partial charge in [-0.2, -0.15) is 0 Å². The first-order chi connectivity index (χ1) is 24.2. The van der Waals surface area contributed by atoms with Crippen LogP contribution in [0, 0.1) is 5.41 Å². The summed E-state index contributed by atoms with van der Waals surface area (Å²) in [6.07, 6.45) is 5.00. The van der Waals surface area contributed by atoms with Crippen LogP contribution in [0.2, 0.25) is 0 Å². The van der Waals surface area contributed by atoms with Crippen molar-refractivity contribution in [1.29, 1.82) is 5.41 Å². The molecule has 1 aliphatic heterocycles. The van der Waals surface area contributed by atoms with Crippen LogP contribution in [0.3, 0.4) is 0 Å². The van der Waals surface area contributed by atoms with E-state index in [9.17, 15) is 5.41 Å². The van der Waals surface area contributed by atoms with Crippen molar-refractivity contribution in [2.75, 3.05) is 19.4 Å². The molecule has 0 saturated carbocycles. The Labute approximate surface area is 288 Å². The minimum Gasteiger partial charge on any atom is -0.378 e. The molecule has 5 nitrogen and oxygen atoms in total. The highest BCUT2D eigenvalue weighted by Crippen LogP contribution is 2.41. The molecule has 0 bridgehead atoms. The van der Waals surface area contributed by atoms with Crippen LogP contribution < -0.4 is 16.2 Å². The third kappa shape index (κ3) is 6.55. The summed E-state index contributed by atoms with van der Waals surface area (Å²) in [5.41, 5.74) is 16.7. The van der Waals surface area contributed by atoms with E-state index >= 15 is 0 Å². The first-order valence-electron chi connectivity index (χ1n) is 16.8. The van der Waals surface area contributed by atoms with E-state index in [2.05, 4.69) is 166 Å². The maximum absolute atomic E-state index is 9.26. The zero-order valence-electron chi connectivity index (χ0n) is 27.9. The van der Waals surface area contributed by atoms with Gasteiger partial charge >= 0.3 is 0 Å². The van der Waals surface area contributed by atoms with Crippen LogP contribution in [0.25, 0.3) is 38.6 Å². The normalized spacial score (nSPS) is 13.7. The predicted molar refractivity (Wildman–Crippen MR) is 207 cm³/mol. The molecule has 1 aromatic heterocycles. The number of nitrogens with one attached hydrogen (secondary N) is 4. The molecule has 0 radical (unpaired) electrons. The van der Waals surface area contributed by atoms with Crippen LogP contribution in [0.1, 0.15) is 22.6 Å². The molecule has 0 aliphatic carbocycles. The molecule has 5 heteroatoms. The molecule has 242 valence electrons. The first-order valence-corrected chi connectivity index (χ1v) is 16.8. The van der Waals surface area contributed by atoms with Crippen molar-refractivity contribution >= 4 is 33.2 Å². The van der Waals surface area contributed by atoms with Gasteiger partial charge in [0.25, 0.3) is 0 Å². The number of para-hydroxylation sites is 3. The quantitative estimate of drug-likeness (QED) is 0.104. The van der Waals surface area contributed by atoms with Crippen molar-refractivity contribution in [2.24, 2.45) is 0 Å². The van der Waals surface area contributed by atoms with Gasteiger partial charge in [-0.05, 0) is 85.2 Å². The van der Waals surface area contributed by atoms with E-state index in [1.807, 2.05) is 32.3 Å². The molecule has 7 aromatic rings. The highest BCUT2D eigenvalue weighted by Gasteiger charge is 2.23. The number of benzene rings is 6. The van der Waals surface area contributed by atoms with Crippen LogP contribution in [-0.4, -0.2) is 30.4 Å². The zero-order chi connectivity index (χ0) is 33.6. The minimum absolute atomic E-state index is 0.0203. The second-order valence-corrected chi connectivity index (χ2v) is 12.3. The van der Waals surface area contributed by atoms with Crippen LogP contribution in [0.4, 0.5) is 5.69 Å². The number of hydrogen-bond acceptors (Lipinski definition) is 4. The van der Waals surface area contributed by atoms with Gasteiger partial charge in [0.1, 0.15) is 0 Å². The second kappa shape index (κ2) is 14.6. The lowest BCUT2D eigenvalue weighted by atomic mass is 9.86. The monoisotopic (exact) mass is 639 g/mol. The smallest absolute Gasteiger partial charge is 0.0544 e. The Kier molecular flexibility index (Phi) is 9.46. The summed E-state index contributed by atoms with van der Waals surface area (Å²) < 4.78 is 2.39. The molecule has 8 rings (SSSR count). The lowest BCUT2D eigenvalue weighted by molar-refractivity contribution is 0.689. The number of nitrogens with zero attached hydrogens (tertiary/aromatic N) is 1. The average molecular weight is 640 g/mol. The van der Waals surface area contributed by atoms with E-state index in [0.29, 0.717) is 5.71 Å². The highest BCUT2D eigenvalue weighted by molar-refractivity contribution is 6.11. The summed E-state index contributed by atoms with van der Waals surface area (Å²) >= 11 is 0. The van der Waals surface area contributed by atoms with Gasteiger partial charge in [-0.15, -0.1) is 0 Å². The lowest BCUT2D eigenvalue weighted by Gasteiger charge is -2.19. The summed E-state index contributed by atoms with van der Waals surface area (Å²) in [6, 6.07) is 53.5. The maximum Gasteiger partial charge on any atom is 0.0544 e. The molecular weight excluding hydrogens is 599 g/mol. The van der Waals surface area contributed by atoms with Crippen LogP contribution in [0.15, 0.2) is 164 Å². The lowest BCUT2D eigenvalue weighted by Crippen LogP contribution is -2.21. The Balaban J connectivity index is 0.000000898. The Morgan fingerprint density at radius 3 is 1.94 bits per heavy atom. The predicted octanol–water partition coefficient (Wildman–Crippen LogP) is 9.54. The SMILES string of the molecule is CNNC.N=C(/C=C\C1Cc2cc3c(cc2-c2ccccc2N1)c1ccccc1n3-c1ccccc1)C(c1ccccc1)c1ccccc1. The second-order valence-electron chi connectivity index (χ2n) is 12.3. The van der Waals surface area contributed by atoms with Gasteiger partial charge in [0, 0.05) is 39.5 Å². The standard InChI is InChI=1S/C42H33N3.C2H8N2/c43-38(42(29-14-4-1-5-15-29)30-16-6-2-7-17-30)25-24-32-26-31-27-41-37(28-36(31)34-20-10-12-22-39(34)44-32)35-21-11-13-23-40(35)45(41)33-18-8-3-9-19-33;1-3-4-2/h1-25,27-28,32,42-44H,26H2;3-4H,1-2H3/b25-24-,43-38?;. The number of fused-ring (bicyclic) bond motifs is 6. The molecule has 1 atom stereocenters. The molecule has 0 saturated heterocycles. The van der Waals surface area contributed by atoms with Crippen molar-refractivity contribution in [1.82, 2.24) is 15.4 Å². The van der Waals surface area contributed by atoms with Crippen LogP contribution in [0.5, 0.6) is 0 Å². The Morgan fingerprint density at radius 2 is 1.27 bits per heavy atom. The number of hydrazine groups is 1. The van der Waals surface area contributed by atoms with Gasteiger partial charge in [-0.1, -0.05) is 121 Å². The third-order valence-corrected chi connectivity index (χ3v) is 9.24. The van der Waals surface area contributed by atoms with Crippen LogP contribution >= 0.6 is 0 Å². The first kappa shape index (κ1) is 31.8. The van der Waals surface area contributed by atoms with Crippen molar-refractivity contribution in [3.05, 3.63) is 181 Å². The molecule has 1 unspecified atom stereocenters. The van der Waals surface area contributed by atoms with E-state index in [-0.39, 0.29) is 12.0 Å². The summed E-state index contributed by atoms with van der Waals surface area (Å²) in [7, 11) is 3.64. The highest BCUT2D eigenvalue weighted by atomic mass is 15.3. The molecule has 6 aromatic carbocycles. The average Bonchev–Trinajstić information content (AvgIpc) is 3.39. The van der Waals surface area contributed by atoms with Crippen molar-refractivity contribution in [2.45, 2.75) is 18.4 Å². The number of hydrogen-bond donors (Lipinski definition) is 4. The number of anilines is 1. The molecule has 49 heavy (non-hydrogen) atoms. The molecule has 0 amide bonds. The van der Waals surface area contributed by atoms with Gasteiger partial charge in [-0.3, -0.25) is 10.9 Å². The van der Waals surface area contributed by atoms with Crippen molar-refractivity contribution < 1.29 is 0 Å². The van der Waals surface area contributed by atoms with Gasteiger partial charge in [0.2, 0.25) is 0 Å². The van der Waals surface area contributed by atoms with E-state index in [0.717, 1.165) is 28.9 Å². The third-order valence-electron chi connectivity index (χ3n) is 9.24. The molecule has 0 fully saturated rings. The largest absolute Gasteiger partial charge is 0.378 e. The Morgan fingerprint density at radius 1 is 0.673 bits per heavy atom. The van der Waals surface area contributed by atoms with E-state index < -0.39 is 0 Å².